The fourth-order valence-corrected chi connectivity index (χ4v) is 10.4. The average Bonchev–Trinajstić information content (AvgIpc) is 2.05. The molecule has 0 saturated carbocycles. The van der Waals surface area contributed by atoms with E-state index in [4.69, 9.17) is 28.4 Å². The predicted molar refractivity (Wildman–Crippen MR) is 287 cm³/mol. The molecule has 15 N–H and O–H groups in total. The summed E-state index contributed by atoms with van der Waals surface area (Å²) in [6.07, 6.45) is -12.8. The fourth-order valence-electron chi connectivity index (χ4n) is 9.89. The summed E-state index contributed by atoms with van der Waals surface area (Å²) in [6.45, 7) is -0.652. The summed E-state index contributed by atoms with van der Waals surface area (Å²) < 4.78 is 72.6. The highest BCUT2D eigenvalue weighted by Crippen LogP contribution is 2.39. The number of thioether (sulfide) groups is 1. The third-order valence-electron chi connectivity index (χ3n) is 14.5. The largest absolute Gasteiger partial charge is 0.477 e. The SMILES string of the molecule is CCCCCCCCCCCCCCCCCC(=O)N[C@@H](CO[C@@H]1O[C@H](CO)[C@@H](O[C@@H]2O[C@H](CO)[C@H](O)[C@H](OC3(C(=O)O)C[C@H](O)[C@@H](NC(C)=O)[C@H](C(O)[C@H](O)CO)O3)[C@H]2O)[C@H](O)[C@H]1O)[C@H](O)/C=C\C(=O)Nc1ccc(SC(F)(F)F)cc1. The number of aliphatic hydroxyl groups is 11. The number of ether oxygens (including phenoxy) is 6. The molecule has 29 heteroatoms. The van der Waals surface area contributed by atoms with Gasteiger partial charge in [-0.1, -0.05) is 96.8 Å². The molecule has 3 aliphatic heterocycles. The van der Waals surface area contributed by atoms with Crippen LogP contribution >= 0.6 is 11.8 Å². The Hall–Kier alpha value is -3.70. The lowest BCUT2D eigenvalue weighted by atomic mass is 9.88. The van der Waals surface area contributed by atoms with Gasteiger partial charge in [0.25, 0.3) is 5.79 Å². The summed E-state index contributed by atoms with van der Waals surface area (Å²) in [7, 11) is 0. The third-order valence-corrected chi connectivity index (χ3v) is 15.2. The van der Waals surface area contributed by atoms with Gasteiger partial charge in [-0.25, -0.2) is 4.79 Å². The molecule has 3 fully saturated rings. The Kier molecular flexibility index (Phi) is 31.0. The molecule has 0 aliphatic carbocycles. The number of rotatable bonds is 36. The van der Waals surface area contributed by atoms with Crippen LogP contribution < -0.4 is 16.0 Å². The summed E-state index contributed by atoms with van der Waals surface area (Å²) in [4.78, 5) is 51.0. The topological polar surface area (TPSA) is 403 Å². The first kappa shape index (κ1) is 71.8. The van der Waals surface area contributed by atoms with Gasteiger partial charge >= 0.3 is 11.5 Å². The standard InChI is InChI=1S/C54H86F3N3O22S/c1-3-4-5-6-7-8-9-10-11-12-13-14-15-16-17-18-39(68)60-33(34(65)23-24-40(69)59-31-19-21-32(22-20-31)83-54(55,56)57)29-77-50-45(73)44(72)47(38(28-63)79-50)80-51-46(74)49(43(71)37(27-62)78-51)82-53(52(75)76)25-35(66)41(58-30(2)64)48(81-53)42(70)36(67)26-61/h19-24,33-38,41-51,61-63,65-67,70-74H,3-18,25-29H2,1-2H3,(H,58,64)(H,59,69)(H,60,68)(H,75,76)/b24-23-/t33-,34+,35-,36+,37+,38+,41+,42?,43-,44+,45+,46+,47+,48+,49-,50+,51-,53?/m0/s1. The summed E-state index contributed by atoms with van der Waals surface area (Å²) in [5, 5.41) is 137. The van der Waals surface area contributed by atoms with Crippen molar-refractivity contribution in [1.29, 1.82) is 0 Å². The van der Waals surface area contributed by atoms with Crippen molar-refractivity contribution in [2.75, 3.05) is 31.7 Å². The minimum atomic E-state index is -4.53. The van der Waals surface area contributed by atoms with E-state index in [0.29, 0.717) is 6.42 Å². The molecule has 1 aromatic carbocycles. The maximum Gasteiger partial charge on any atom is 0.446 e. The first-order chi connectivity index (χ1) is 39.4. The lowest BCUT2D eigenvalue weighted by molar-refractivity contribution is -0.386. The third kappa shape index (κ3) is 22.8. The van der Waals surface area contributed by atoms with Crippen molar-refractivity contribution in [1.82, 2.24) is 10.6 Å². The van der Waals surface area contributed by atoms with Crippen molar-refractivity contribution in [2.24, 2.45) is 0 Å². The molecule has 1 aromatic rings. The molecule has 4 rings (SSSR count). The number of carbonyl (C=O) groups is 4. The van der Waals surface area contributed by atoms with Crippen LogP contribution in [0.15, 0.2) is 41.3 Å². The van der Waals surface area contributed by atoms with Gasteiger partial charge < -0.3 is 106 Å². The second-order valence-corrected chi connectivity index (χ2v) is 22.2. The summed E-state index contributed by atoms with van der Waals surface area (Å²) in [5.41, 5.74) is -4.41. The van der Waals surface area contributed by atoms with Gasteiger partial charge in [-0.15, -0.1) is 0 Å². The number of amides is 3. The van der Waals surface area contributed by atoms with Gasteiger partial charge in [0, 0.05) is 36.4 Å². The lowest BCUT2D eigenvalue weighted by Crippen LogP contribution is -2.70. The highest BCUT2D eigenvalue weighted by Gasteiger charge is 2.60. The molecular formula is C54H86F3N3O22S. The number of carboxylic acids is 1. The summed E-state index contributed by atoms with van der Waals surface area (Å²) >= 11 is -0.348. The van der Waals surface area contributed by atoms with E-state index >= 15 is 0 Å². The zero-order valence-electron chi connectivity index (χ0n) is 46.6. The molecule has 3 aliphatic rings. The predicted octanol–water partition coefficient (Wildman–Crippen LogP) is 0.715. The van der Waals surface area contributed by atoms with E-state index in [9.17, 15) is 93.6 Å². The normalized spacial score (nSPS) is 30.1. The van der Waals surface area contributed by atoms with Gasteiger partial charge in [0.2, 0.25) is 17.7 Å². The van der Waals surface area contributed by atoms with Crippen molar-refractivity contribution in [2.45, 2.75) is 243 Å². The monoisotopic (exact) mass is 1220 g/mol. The highest BCUT2D eigenvalue weighted by molar-refractivity contribution is 8.00. The van der Waals surface area contributed by atoms with Gasteiger partial charge in [0.05, 0.1) is 50.7 Å². The molecule has 0 radical (unpaired) electrons. The van der Waals surface area contributed by atoms with Gasteiger partial charge in [0.15, 0.2) is 12.6 Å². The number of hydrogen-bond acceptors (Lipinski definition) is 22. The minimum Gasteiger partial charge on any atom is -0.477 e. The molecule has 83 heavy (non-hydrogen) atoms. The molecule has 25 nitrogen and oxygen atoms in total. The summed E-state index contributed by atoms with van der Waals surface area (Å²) in [6, 6.07) is 1.75. The number of aliphatic hydroxyl groups excluding tert-OH is 11. The van der Waals surface area contributed by atoms with E-state index in [2.05, 4.69) is 22.9 Å². The molecule has 0 spiro atoms. The highest BCUT2D eigenvalue weighted by atomic mass is 32.2. The van der Waals surface area contributed by atoms with Gasteiger partial charge in [0.1, 0.15) is 67.1 Å². The molecule has 476 valence electrons. The number of aliphatic carboxylic acids is 1. The van der Waals surface area contributed by atoms with Crippen LogP contribution in [0.3, 0.4) is 0 Å². The van der Waals surface area contributed by atoms with Crippen LogP contribution in [0.4, 0.5) is 18.9 Å². The Morgan fingerprint density at radius 2 is 1.34 bits per heavy atom. The maximum atomic E-state index is 13.3. The van der Waals surface area contributed by atoms with Gasteiger partial charge in [-0.3, -0.25) is 14.4 Å². The molecule has 18 atom stereocenters. The lowest BCUT2D eigenvalue weighted by Gasteiger charge is -2.50. The van der Waals surface area contributed by atoms with E-state index in [1.54, 1.807) is 0 Å². The number of benzene rings is 1. The Labute approximate surface area is 483 Å². The van der Waals surface area contributed by atoms with Crippen LogP contribution in [0.2, 0.25) is 0 Å². The van der Waals surface area contributed by atoms with E-state index in [1.165, 1.54) is 69.9 Å². The number of carboxylic acid groups (broad SMARTS) is 1. The number of halogens is 3. The zero-order chi connectivity index (χ0) is 61.4. The van der Waals surface area contributed by atoms with E-state index < -0.39 is 172 Å². The molecule has 0 bridgehead atoms. The smallest absolute Gasteiger partial charge is 0.446 e. The minimum absolute atomic E-state index is 0.0278. The Morgan fingerprint density at radius 3 is 1.87 bits per heavy atom. The maximum absolute atomic E-state index is 13.3. The molecule has 0 aromatic heterocycles. The van der Waals surface area contributed by atoms with Crippen molar-refractivity contribution in [3.63, 3.8) is 0 Å². The Morgan fingerprint density at radius 1 is 0.771 bits per heavy atom. The first-order valence-electron chi connectivity index (χ1n) is 28.2. The molecular weight excluding hydrogens is 1130 g/mol. The van der Waals surface area contributed by atoms with Crippen LogP contribution in [0.5, 0.6) is 0 Å². The quantitative estimate of drug-likeness (QED) is 0.0250. The Bertz CT molecular complexity index is 2120. The number of anilines is 1. The number of unbranched alkanes of at least 4 members (excludes halogenated alkanes) is 14. The second kappa shape index (κ2) is 35.8. The second-order valence-electron chi connectivity index (χ2n) is 21.1. The summed E-state index contributed by atoms with van der Waals surface area (Å²) in [5.74, 6) is -7.31. The van der Waals surface area contributed by atoms with Crippen LogP contribution in [0.1, 0.15) is 123 Å². The number of nitrogens with one attached hydrogen (secondary N) is 3. The molecule has 3 heterocycles. The van der Waals surface area contributed by atoms with Gasteiger partial charge in [-0.2, -0.15) is 13.2 Å². The van der Waals surface area contributed by atoms with Crippen LogP contribution in [-0.4, -0.2) is 227 Å². The molecule has 2 unspecified atom stereocenters. The molecule has 3 saturated heterocycles. The van der Waals surface area contributed by atoms with Crippen molar-refractivity contribution in [3.05, 3.63) is 36.4 Å². The van der Waals surface area contributed by atoms with E-state index in [1.807, 2.05) is 0 Å². The number of hydrogen-bond donors (Lipinski definition) is 15. The van der Waals surface area contributed by atoms with Crippen LogP contribution in [0.25, 0.3) is 0 Å². The van der Waals surface area contributed by atoms with E-state index in [0.717, 1.165) is 63.3 Å². The van der Waals surface area contributed by atoms with Crippen LogP contribution in [0, 0.1) is 0 Å². The zero-order valence-corrected chi connectivity index (χ0v) is 47.4. The van der Waals surface area contributed by atoms with E-state index in [-0.39, 0.29) is 28.8 Å². The average molecular weight is 1220 g/mol. The van der Waals surface area contributed by atoms with Gasteiger partial charge in [-0.05, 0) is 48.5 Å². The van der Waals surface area contributed by atoms with Crippen molar-refractivity contribution in [3.8, 4) is 0 Å². The number of alkyl halides is 3. The van der Waals surface area contributed by atoms with Crippen molar-refractivity contribution < 1.29 is 122 Å². The Balaban J connectivity index is 1.43. The van der Waals surface area contributed by atoms with Crippen molar-refractivity contribution >= 4 is 41.1 Å². The molecule has 3 amide bonds. The van der Waals surface area contributed by atoms with Crippen LogP contribution in [-0.2, 0) is 47.6 Å². The number of carbonyl (C=O) groups excluding carboxylic acids is 3. The fraction of sp³-hybridized carbons (Fsp3) is 0.778. The first-order valence-corrected chi connectivity index (χ1v) is 29.1.